The van der Waals surface area contributed by atoms with Crippen LogP contribution in [0.1, 0.15) is 12.8 Å². The number of furan rings is 1. The first-order valence-corrected chi connectivity index (χ1v) is 10.3. The molecule has 0 N–H and O–H groups in total. The van der Waals surface area contributed by atoms with E-state index >= 15 is 0 Å². The summed E-state index contributed by atoms with van der Waals surface area (Å²) in [6.07, 6.45) is 5.24. The van der Waals surface area contributed by atoms with Gasteiger partial charge in [-0.25, -0.2) is 0 Å². The second kappa shape index (κ2) is 6.27. The van der Waals surface area contributed by atoms with E-state index < -0.39 is 0 Å². The monoisotopic (exact) mass is 360 g/mol. The van der Waals surface area contributed by atoms with Gasteiger partial charge in [0.25, 0.3) is 0 Å². The molecule has 134 valence electrons. The number of hydrogen-bond acceptors (Lipinski definition) is 1. The third kappa shape index (κ3) is 2.41. The van der Waals surface area contributed by atoms with E-state index in [0.29, 0.717) is 6.71 Å². The topological polar surface area (TPSA) is 13.1 Å². The fourth-order valence-electron chi connectivity index (χ4n) is 5.08. The van der Waals surface area contributed by atoms with E-state index in [0.717, 1.165) is 11.2 Å². The lowest BCUT2D eigenvalue weighted by molar-refractivity contribution is 0.669. The van der Waals surface area contributed by atoms with E-state index in [9.17, 15) is 0 Å². The summed E-state index contributed by atoms with van der Waals surface area (Å²) in [5, 5.41) is 5.17. The minimum absolute atomic E-state index is 0.637. The van der Waals surface area contributed by atoms with Crippen molar-refractivity contribution in [3.05, 3.63) is 78.9 Å². The van der Waals surface area contributed by atoms with Crippen molar-refractivity contribution in [2.75, 3.05) is 0 Å². The van der Waals surface area contributed by atoms with Crippen LogP contribution in [-0.4, -0.2) is 6.71 Å². The van der Waals surface area contributed by atoms with Gasteiger partial charge < -0.3 is 4.42 Å². The van der Waals surface area contributed by atoms with Crippen molar-refractivity contribution < 1.29 is 4.42 Å². The average Bonchev–Trinajstić information content (AvgIpc) is 3.40. The molecule has 5 aromatic rings. The first kappa shape index (κ1) is 16.0. The molecule has 1 saturated heterocycles. The zero-order chi connectivity index (χ0) is 18.5. The van der Waals surface area contributed by atoms with Crippen molar-refractivity contribution in [2.24, 2.45) is 0 Å². The zero-order valence-corrected chi connectivity index (χ0v) is 15.8. The highest BCUT2D eigenvalue weighted by atomic mass is 16.3. The lowest BCUT2D eigenvalue weighted by atomic mass is 9.43. The van der Waals surface area contributed by atoms with Gasteiger partial charge >= 0.3 is 0 Å². The SMILES string of the molecule is c1ccc2c(-c3cc(B4CCCC4)c4c(c3)oc3ccccc34)cccc2c1. The maximum Gasteiger partial charge on any atom is 0.176 e. The third-order valence-corrected chi connectivity index (χ3v) is 6.40. The quantitative estimate of drug-likeness (QED) is 0.312. The Morgan fingerprint density at radius 3 is 2.32 bits per heavy atom. The van der Waals surface area contributed by atoms with Crippen LogP contribution in [-0.2, 0) is 0 Å². The van der Waals surface area contributed by atoms with Gasteiger partial charge in [0.15, 0.2) is 6.71 Å². The van der Waals surface area contributed by atoms with Crippen LogP contribution in [0.15, 0.2) is 83.3 Å². The molecule has 28 heavy (non-hydrogen) atoms. The van der Waals surface area contributed by atoms with Gasteiger partial charge in [-0.2, -0.15) is 0 Å². The minimum Gasteiger partial charge on any atom is -0.456 e. The van der Waals surface area contributed by atoms with Crippen LogP contribution in [0.2, 0.25) is 12.6 Å². The fourth-order valence-corrected chi connectivity index (χ4v) is 5.08. The van der Waals surface area contributed by atoms with Crippen LogP contribution >= 0.6 is 0 Å². The zero-order valence-electron chi connectivity index (χ0n) is 15.8. The predicted molar refractivity (Wildman–Crippen MR) is 121 cm³/mol. The summed E-state index contributed by atoms with van der Waals surface area (Å²) in [5.41, 5.74) is 6.05. The Bertz CT molecular complexity index is 1320. The van der Waals surface area contributed by atoms with Crippen LogP contribution in [0, 0.1) is 0 Å². The lowest BCUT2D eigenvalue weighted by Crippen LogP contribution is -2.27. The second-order valence-electron chi connectivity index (χ2n) is 8.04. The van der Waals surface area contributed by atoms with Crippen LogP contribution in [0.3, 0.4) is 0 Å². The molecule has 1 aromatic heterocycles. The van der Waals surface area contributed by atoms with E-state index in [4.69, 9.17) is 4.42 Å². The molecule has 0 radical (unpaired) electrons. The van der Waals surface area contributed by atoms with E-state index in [2.05, 4.69) is 78.9 Å². The molecule has 6 rings (SSSR count). The minimum atomic E-state index is 0.637. The molecule has 0 aliphatic carbocycles. The van der Waals surface area contributed by atoms with Crippen molar-refractivity contribution in [3.8, 4) is 11.1 Å². The maximum absolute atomic E-state index is 6.33. The van der Waals surface area contributed by atoms with Gasteiger partial charge in [-0.3, -0.25) is 0 Å². The number of benzene rings is 4. The van der Waals surface area contributed by atoms with Crippen LogP contribution in [0.5, 0.6) is 0 Å². The number of rotatable bonds is 2. The Labute approximate surface area is 165 Å². The standard InChI is InChI=1S/C26H21BO/c1-2-10-20-18(8-1)9-7-12-21(20)19-16-23(27-14-5-6-15-27)26-22-11-3-4-13-24(22)28-25(26)17-19/h1-4,7-13,16-17H,5-6,14-15H2. The normalized spacial score (nSPS) is 14.5. The molecule has 2 heterocycles. The molecule has 1 aliphatic rings. The van der Waals surface area contributed by atoms with Crippen molar-refractivity contribution in [1.82, 2.24) is 0 Å². The number of para-hydroxylation sites is 1. The summed E-state index contributed by atoms with van der Waals surface area (Å²) in [4.78, 5) is 0. The van der Waals surface area contributed by atoms with Crippen LogP contribution < -0.4 is 5.46 Å². The largest absolute Gasteiger partial charge is 0.456 e. The lowest BCUT2D eigenvalue weighted by Gasteiger charge is -2.13. The summed E-state index contributed by atoms with van der Waals surface area (Å²) in [6.45, 7) is 0.637. The summed E-state index contributed by atoms with van der Waals surface area (Å²) < 4.78 is 6.33. The van der Waals surface area contributed by atoms with E-state index in [1.165, 1.54) is 63.6 Å². The molecule has 0 atom stereocenters. The van der Waals surface area contributed by atoms with Crippen molar-refractivity contribution in [3.63, 3.8) is 0 Å². The molecular weight excluding hydrogens is 339 g/mol. The predicted octanol–water partition coefficient (Wildman–Crippen LogP) is 6.90. The Kier molecular flexibility index (Phi) is 3.59. The van der Waals surface area contributed by atoms with E-state index in [-0.39, 0.29) is 0 Å². The molecule has 4 aromatic carbocycles. The van der Waals surface area contributed by atoms with Crippen molar-refractivity contribution in [2.45, 2.75) is 25.5 Å². The van der Waals surface area contributed by atoms with Gasteiger partial charge in [-0.1, -0.05) is 97.7 Å². The Morgan fingerprint density at radius 1 is 0.679 bits per heavy atom. The molecule has 1 aliphatic heterocycles. The maximum atomic E-state index is 6.33. The summed E-state index contributed by atoms with van der Waals surface area (Å²) in [5.74, 6) is 0. The third-order valence-electron chi connectivity index (χ3n) is 6.40. The van der Waals surface area contributed by atoms with Gasteiger partial charge in [0.1, 0.15) is 11.2 Å². The molecule has 0 amide bonds. The molecule has 0 bridgehead atoms. The smallest absolute Gasteiger partial charge is 0.176 e. The van der Waals surface area contributed by atoms with Gasteiger partial charge in [0.2, 0.25) is 0 Å². The van der Waals surface area contributed by atoms with Crippen LogP contribution in [0.4, 0.5) is 0 Å². The average molecular weight is 360 g/mol. The van der Waals surface area contributed by atoms with Gasteiger partial charge in [0, 0.05) is 10.8 Å². The summed E-state index contributed by atoms with van der Waals surface area (Å²) in [6, 6.07) is 28.4. The first-order chi connectivity index (χ1) is 13.9. The van der Waals surface area contributed by atoms with Crippen LogP contribution in [0.25, 0.3) is 43.8 Å². The molecular formula is C26H21BO. The number of hydrogen-bond donors (Lipinski definition) is 0. The summed E-state index contributed by atoms with van der Waals surface area (Å²) in [7, 11) is 0. The van der Waals surface area contributed by atoms with Gasteiger partial charge in [-0.05, 0) is 34.0 Å². The van der Waals surface area contributed by atoms with Crippen molar-refractivity contribution >= 4 is 44.9 Å². The highest BCUT2D eigenvalue weighted by molar-refractivity contribution is 6.76. The molecule has 1 fully saturated rings. The molecule has 0 spiro atoms. The highest BCUT2D eigenvalue weighted by Crippen LogP contribution is 2.35. The summed E-state index contributed by atoms with van der Waals surface area (Å²) >= 11 is 0. The van der Waals surface area contributed by atoms with E-state index in [1.54, 1.807) is 0 Å². The Balaban J connectivity index is 1.69. The molecule has 1 nitrogen and oxygen atoms in total. The van der Waals surface area contributed by atoms with Gasteiger partial charge in [0.05, 0.1) is 0 Å². The number of fused-ring (bicyclic) bond motifs is 4. The second-order valence-corrected chi connectivity index (χ2v) is 8.04. The first-order valence-electron chi connectivity index (χ1n) is 10.3. The molecule has 0 saturated carbocycles. The molecule has 2 heteroatoms. The Morgan fingerprint density at radius 2 is 1.43 bits per heavy atom. The van der Waals surface area contributed by atoms with Crippen molar-refractivity contribution in [1.29, 1.82) is 0 Å². The highest BCUT2D eigenvalue weighted by Gasteiger charge is 2.26. The molecule has 0 unspecified atom stereocenters. The Hall–Kier alpha value is -3.00. The van der Waals surface area contributed by atoms with Gasteiger partial charge in [-0.15, -0.1) is 0 Å². The fraction of sp³-hybridized carbons (Fsp3) is 0.154. The van der Waals surface area contributed by atoms with E-state index in [1.807, 2.05) is 0 Å².